The van der Waals surface area contributed by atoms with Crippen LogP contribution in [0.15, 0.2) is 36.4 Å². The van der Waals surface area contributed by atoms with Crippen LogP contribution in [0, 0.1) is 0 Å². The number of carbonyl (C=O) groups is 1. The van der Waals surface area contributed by atoms with Crippen molar-refractivity contribution >= 4 is 6.03 Å². The highest BCUT2D eigenvalue weighted by molar-refractivity contribution is 5.73. The first-order valence-electron chi connectivity index (χ1n) is 8.91. The molecule has 0 radical (unpaired) electrons. The van der Waals surface area contributed by atoms with E-state index in [1.807, 2.05) is 0 Å². The molecule has 0 bridgehead atoms. The van der Waals surface area contributed by atoms with Crippen molar-refractivity contribution in [2.75, 3.05) is 27.9 Å². The molecule has 0 aromatic heterocycles. The number of rotatable bonds is 10. The Morgan fingerprint density at radius 1 is 0.967 bits per heavy atom. The predicted molar refractivity (Wildman–Crippen MR) is 104 cm³/mol. The number of halogens is 2. The Balaban J connectivity index is 1.91. The maximum absolute atomic E-state index is 12.4. The molecule has 30 heavy (non-hydrogen) atoms. The number of methoxy groups -OCH3 is 3. The number of aliphatic hydroxyl groups is 1. The van der Waals surface area contributed by atoms with Gasteiger partial charge < -0.3 is 34.7 Å². The van der Waals surface area contributed by atoms with Gasteiger partial charge in [-0.3, -0.25) is 0 Å². The third-order valence-corrected chi connectivity index (χ3v) is 4.15. The van der Waals surface area contributed by atoms with Crippen LogP contribution in [-0.2, 0) is 6.54 Å². The number of ether oxygens (including phenoxy) is 4. The first-order valence-corrected chi connectivity index (χ1v) is 8.91. The van der Waals surface area contributed by atoms with Crippen LogP contribution in [0.4, 0.5) is 13.6 Å². The highest BCUT2D eigenvalue weighted by Gasteiger charge is 2.16. The van der Waals surface area contributed by atoms with Crippen LogP contribution in [0.25, 0.3) is 0 Å². The zero-order valence-electron chi connectivity index (χ0n) is 16.8. The van der Waals surface area contributed by atoms with Gasteiger partial charge in [0.15, 0.2) is 11.5 Å². The fourth-order valence-electron chi connectivity index (χ4n) is 2.66. The molecule has 10 heteroatoms. The van der Waals surface area contributed by atoms with Gasteiger partial charge in [-0.2, -0.15) is 8.78 Å². The minimum absolute atomic E-state index is 0.0696. The lowest BCUT2D eigenvalue weighted by Gasteiger charge is -2.17. The molecule has 2 rings (SSSR count). The van der Waals surface area contributed by atoms with Gasteiger partial charge in [-0.25, -0.2) is 4.79 Å². The summed E-state index contributed by atoms with van der Waals surface area (Å²) in [5.74, 6) is 1.03. The average molecular weight is 426 g/mol. The van der Waals surface area contributed by atoms with Gasteiger partial charge in [0.05, 0.1) is 21.3 Å². The summed E-state index contributed by atoms with van der Waals surface area (Å²) in [4.78, 5) is 12.1. The maximum atomic E-state index is 12.4. The molecule has 0 saturated heterocycles. The molecule has 0 fully saturated rings. The maximum Gasteiger partial charge on any atom is 0.387 e. The molecule has 1 atom stereocenters. The van der Waals surface area contributed by atoms with Gasteiger partial charge in [-0.05, 0) is 35.9 Å². The monoisotopic (exact) mass is 426 g/mol. The second kappa shape index (κ2) is 11.1. The molecule has 8 nitrogen and oxygen atoms in total. The molecular weight excluding hydrogens is 402 g/mol. The van der Waals surface area contributed by atoms with Crippen molar-refractivity contribution in [3.63, 3.8) is 0 Å². The number of hydrogen-bond acceptors (Lipinski definition) is 6. The Bertz CT molecular complexity index is 850. The predicted octanol–water partition coefficient (Wildman–Crippen LogP) is 2.85. The van der Waals surface area contributed by atoms with Crippen molar-refractivity contribution < 1.29 is 37.6 Å². The van der Waals surface area contributed by atoms with Gasteiger partial charge >= 0.3 is 12.6 Å². The number of aliphatic hydroxyl groups excluding tert-OH is 1. The van der Waals surface area contributed by atoms with E-state index in [0.29, 0.717) is 22.6 Å². The van der Waals surface area contributed by atoms with Crippen molar-refractivity contribution in [1.29, 1.82) is 0 Å². The zero-order chi connectivity index (χ0) is 22.1. The highest BCUT2D eigenvalue weighted by Crippen LogP contribution is 2.30. The molecule has 0 aliphatic heterocycles. The molecule has 1 unspecified atom stereocenters. The van der Waals surface area contributed by atoms with Crippen LogP contribution in [0.5, 0.6) is 23.0 Å². The normalized spacial score (nSPS) is 11.6. The van der Waals surface area contributed by atoms with Crippen LogP contribution < -0.4 is 29.6 Å². The number of urea groups is 1. The van der Waals surface area contributed by atoms with Gasteiger partial charge in [0.2, 0.25) is 0 Å². The third-order valence-electron chi connectivity index (χ3n) is 4.15. The smallest absolute Gasteiger partial charge is 0.387 e. The standard InChI is InChI=1S/C20H24F2N2O6/c1-27-13-5-7-16(28-2)14(9-13)15(25)11-24-20(26)23-10-12-4-6-17(30-19(21)22)18(8-12)29-3/h4-9,15,19,25H,10-11H2,1-3H3,(H2,23,24,26). The molecule has 3 N–H and O–H groups in total. The van der Waals surface area contributed by atoms with Crippen molar-refractivity contribution in [3.05, 3.63) is 47.5 Å². The summed E-state index contributed by atoms with van der Waals surface area (Å²) in [6, 6.07) is 8.79. The SMILES string of the molecule is COc1ccc(OC)c(C(O)CNC(=O)NCc2ccc(OC(F)F)c(OC)c2)c1. The van der Waals surface area contributed by atoms with Gasteiger partial charge in [0, 0.05) is 18.7 Å². The van der Waals surface area contributed by atoms with E-state index < -0.39 is 18.7 Å². The summed E-state index contributed by atoms with van der Waals surface area (Å²) < 4.78 is 44.5. The summed E-state index contributed by atoms with van der Waals surface area (Å²) in [5.41, 5.74) is 1.08. The first-order chi connectivity index (χ1) is 14.4. The van der Waals surface area contributed by atoms with Gasteiger partial charge in [0.25, 0.3) is 0 Å². The van der Waals surface area contributed by atoms with E-state index in [-0.39, 0.29) is 24.6 Å². The minimum atomic E-state index is -2.97. The first kappa shape index (κ1) is 23.0. The molecule has 2 aromatic carbocycles. The van der Waals surface area contributed by atoms with Crippen LogP contribution in [0.1, 0.15) is 17.2 Å². The average Bonchev–Trinajstić information content (AvgIpc) is 2.75. The number of nitrogens with one attached hydrogen (secondary N) is 2. The van der Waals surface area contributed by atoms with E-state index in [2.05, 4.69) is 15.4 Å². The molecule has 2 amide bonds. The lowest BCUT2D eigenvalue weighted by Crippen LogP contribution is -2.37. The zero-order valence-corrected chi connectivity index (χ0v) is 16.8. The van der Waals surface area contributed by atoms with E-state index in [9.17, 15) is 18.7 Å². The van der Waals surface area contributed by atoms with E-state index in [4.69, 9.17) is 14.2 Å². The van der Waals surface area contributed by atoms with Gasteiger partial charge in [0.1, 0.15) is 17.6 Å². The van der Waals surface area contributed by atoms with Crippen molar-refractivity contribution in [2.24, 2.45) is 0 Å². The second-order valence-electron chi connectivity index (χ2n) is 6.05. The Hall–Kier alpha value is -3.27. The summed E-state index contributed by atoms with van der Waals surface area (Å²) in [5, 5.41) is 15.5. The van der Waals surface area contributed by atoms with Gasteiger partial charge in [-0.15, -0.1) is 0 Å². The van der Waals surface area contributed by atoms with E-state index in [1.54, 1.807) is 18.2 Å². The summed E-state index contributed by atoms with van der Waals surface area (Å²) in [6.07, 6.45) is -1.02. The van der Waals surface area contributed by atoms with Gasteiger partial charge in [-0.1, -0.05) is 6.07 Å². The lowest BCUT2D eigenvalue weighted by molar-refractivity contribution is -0.0512. The second-order valence-corrected chi connectivity index (χ2v) is 6.05. The third kappa shape index (κ3) is 6.38. The Morgan fingerprint density at radius 2 is 1.67 bits per heavy atom. The number of benzene rings is 2. The van der Waals surface area contributed by atoms with Crippen molar-refractivity contribution in [3.8, 4) is 23.0 Å². The van der Waals surface area contributed by atoms with Crippen LogP contribution in [0.2, 0.25) is 0 Å². The topological polar surface area (TPSA) is 98.3 Å². The van der Waals surface area contributed by atoms with Crippen LogP contribution >= 0.6 is 0 Å². The van der Waals surface area contributed by atoms with Crippen LogP contribution in [0.3, 0.4) is 0 Å². The summed E-state index contributed by atoms with van der Waals surface area (Å²) in [7, 11) is 4.31. The molecular formula is C20H24F2N2O6. The Morgan fingerprint density at radius 3 is 2.30 bits per heavy atom. The number of carbonyl (C=O) groups excluding carboxylic acids is 1. The fraction of sp³-hybridized carbons (Fsp3) is 0.350. The lowest BCUT2D eigenvalue weighted by atomic mass is 10.1. The molecule has 0 aliphatic carbocycles. The van der Waals surface area contributed by atoms with Crippen molar-refractivity contribution in [2.45, 2.75) is 19.3 Å². The highest BCUT2D eigenvalue weighted by atomic mass is 19.3. The molecule has 164 valence electrons. The molecule has 0 spiro atoms. The van der Waals surface area contributed by atoms with E-state index in [1.165, 1.54) is 39.5 Å². The summed E-state index contributed by atoms with van der Waals surface area (Å²) >= 11 is 0. The quantitative estimate of drug-likeness (QED) is 0.541. The number of alkyl halides is 2. The number of hydrogen-bond donors (Lipinski definition) is 3. The molecule has 0 saturated carbocycles. The van der Waals surface area contributed by atoms with Crippen LogP contribution in [-0.4, -0.2) is 45.6 Å². The molecule has 0 aliphatic rings. The van der Waals surface area contributed by atoms with E-state index in [0.717, 1.165) is 0 Å². The Labute approximate surface area is 172 Å². The molecule has 2 aromatic rings. The fourth-order valence-corrected chi connectivity index (χ4v) is 2.66. The van der Waals surface area contributed by atoms with Crippen molar-refractivity contribution in [1.82, 2.24) is 10.6 Å². The Kier molecular flexibility index (Phi) is 8.48. The van der Waals surface area contributed by atoms with E-state index >= 15 is 0 Å². The minimum Gasteiger partial charge on any atom is -0.497 e. The largest absolute Gasteiger partial charge is 0.497 e. The summed E-state index contributed by atoms with van der Waals surface area (Å²) in [6.45, 7) is -2.93. The molecule has 0 heterocycles. The number of amides is 2.